The highest BCUT2D eigenvalue weighted by atomic mass is 16.2. The number of amides is 1. The van der Waals surface area contributed by atoms with Gasteiger partial charge in [-0.05, 0) is 29.8 Å². The van der Waals surface area contributed by atoms with Crippen molar-refractivity contribution in [2.24, 2.45) is 5.10 Å². The third-order valence-electron chi connectivity index (χ3n) is 4.13. The van der Waals surface area contributed by atoms with Crippen LogP contribution in [-0.4, -0.2) is 21.9 Å². The van der Waals surface area contributed by atoms with Crippen LogP contribution in [0.4, 0.5) is 0 Å². The molecule has 0 aliphatic carbocycles. The Hall–Kier alpha value is -3.47. The summed E-state index contributed by atoms with van der Waals surface area (Å²) in [5.74, 6) is -0.309. The van der Waals surface area contributed by atoms with Crippen LogP contribution in [0.1, 0.15) is 42.5 Å². The highest BCUT2D eigenvalue weighted by Crippen LogP contribution is 2.23. The van der Waals surface area contributed by atoms with Crippen molar-refractivity contribution in [2.45, 2.75) is 26.2 Å². The number of hydrazone groups is 1. The number of nitrogens with zero attached hydrogens (tertiary/aromatic N) is 3. The van der Waals surface area contributed by atoms with Gasteiger partial charge in [-0.25, -0.2) is 10.1 Å². The Kier molecular flexibility index (Phi) is 5.84. The summed E-state index contributed by atoms with van der Waals surface area (Å²) in [6.07, 6.45) is 5.26. The number of carbonyl (C=O) groups excluding carboxylic acids is 1. The smallest absolute Gasteiger partial charge is 0.266 e. The van der Waals surface area contributed by atoms with Crippen LogP contribution in [0, 0.1) is 0 Å². The van der Waals surface area contributed by atoms with Crippen LogP contribution in [0.3, 0.4) is 0 Å². The monoisotopic (exact) mass is 372 g/mol. The van der Waals surface area contributed by atoms with Crippen molar-refractivity contribution in [1.29, 1.82) is 0 Å². The lowest BCUT2D eigenvalue weighted by Gasteiger charge is -2.14. The Morgan fingerprint density at radius 2 is 1.68 bits per heavy atom. The lowest BCUT2D eigenvalue weighted by molar-refractivity contribution is 0.0947. The fourth-order valence-corrected chi connectivity index (χ4v) is 2.59. The van der Waals surface area contributed by atoms with E-state index in [9.17, 15) is 4.79 Å². The first-order valence-electron chi connectivity index (χ1n) is 9.16. The number of carbonyl (C=O) groups is 1. The van der Waals surface area contributed by atoms with Gasteiger partial charge in [0.25, 0.3) is 5.91 Å². The van der Waals surface area contributed by atoms with E-state index in [4.69, 9.17) is 0 Å². The van der Waals surface area contributed by atoms with E-state index in [-0.39, 0.29) is 11.3 Å². The maximum absolute atomic E-state index is 12.7. The van der Waals surface area contributed by atoms with Crippen molar-refractivity contribution in [3.63, 3.8) is 0 Å². The van der Waals surface area contributed by atoms with E-state index in [2.05, 4.69) is 36.4 Å². The van der Waals surface area contributed by atoms with E-state index in [0.29, 0.717) is 5.69 Å². The van der Waals surface area contributed by atoms with Gasteiger partial charge in [-0.3, -0.25) is 4.79 Å². The van der Waals surface area contributed by atoms with E-state index >= 15 is 0 Å². The van der Waals surface area contributed by atoms with E-state index < -0.39 is 0 Å². The van der Waals surface area contributed by atoms with Crippen LogP contribution in [-0.2, 0) is 5.41 Å². The summed E-state index contributed by atoms with van der Waals surface area (Å²) in [7, 11) is 0. The van der Waals surface area contributed by atoms with Gasteiger partial charge in [0, 0.05) is 11.6 Å². The molecule has 0 aliphatic rings. The molecule has 5 heteroatoms. The van der Waals surface area contributed by atoms with Gasteiger partial charge in [0.1, 0.15) is 5.69 Å². The Morgan fingerprint density at radius 1 is 1.04 bits per heavy atom. The lowest BCUT2D eigenvalue weighted by Crippen LogP contribution is -2.21. The summed E-state index contributed by atoms with van der Waals surface area (Å²) in [4.78, 5) is 12.7. The predicted octanol–water partition coefficient (Wildman–Crippen LogP) is 4.60. The molecular weight excluding hydrogens is 348 g/mol. The van der Waals surface area contributed by atoms with Gasteiger partial charge in [-0.2, -0.15) is 10.2 Å². The Balaban J connectivity index is 1.78. The molecule has 28 heavy (non-hydrogen) atoms. The second-order valence-electron chi connectivity index (χ2n) is 7.40. The van der Waals surface area contributed by atoms with E-state index in [1.807, 2.05) is 72.8 Å². The summed E-state index contributed by atoms with van der Waals surface area (Å²) in [6, 6.07) is 21.3. The summed E-state index contributed by atoms with van der Waals surface area (Å²) in [5.41, 5.74) is 5.59. The van der Waals surface area contributed by atoms with Gasteiger partial charge in [-0.1, -0.05) is 75.4 Å². The molecular formula is C23H24N4O. The molecule has 2 aromatic carbocycles. The van der Waals surface area contributed by atoms with Crippen molar-refractivity contribution in [2.75, 3.05) is 0 Å². The van der Waals surface area contributed by atoms with Gasteiger partial charge in [0.2, 0.25) is 0 Å². The number of aromatic nitrogens is 2. The van der Waals surface area contributed by atoms with Crippen molar-refractivity contribution >= 4 is 18.2 Å². The molecule has 0 spiro atoms. The summed E-state index contributed by atoms with van der Waals surface area (Å²) in [5, 5.41) is 8.66. The molecule has 3 aromatic rings. The Bertz CT molecular complexity index is 980. The number of hydrogen-bond acceptors (Lipinski definition) is 3. The van der Waals surface area contributed by atoms with Crippen LogP contribution >= 0.6 is 0 Å². The zero-order chi connectivity index (χ0) is 20.0. The first kappa shape index (κ1) is 19.3. The lowest BCUT2D eigenvalue weighted by atomic mass is 9.92. The van der Waals surface area contributed by atoms with Crippen molar-refractivity contribution in [3.05, 3.63) is 89.8 Å². The highest BCUT2D eigenvalue weighted by molar-refractivity contribution is 5.94. The number of allylic oxidation sites excluding steroid dienone is 1. The molecule has 0 saturated heterocycles. The molecule has 1 heterocycles. The average molecular weight is 372 g/mol. The standard InChI is InChI=1S/C23H24N4O/c1-23(2,3)21-17-20(27(26-21)19-14-8-5-9-15-19)22(28)25-24-16-10-13-18-11-6-4-7-12-18/h4-17H,1-3H3,(H,25,28)/b13-10+,24-16+. The number of para-hydroxylation sites is 1. The van der Waals surface area contributed by atoms with Crippen molar-refractivity contribution in [3.8, 4) is 5.69 Å². The predicted molar refractivity (Wildman–Crippen MR) is 114 cm³/mol. The quantitative estimate of drug-likeness (QED) is 0.526. The number of nitrogens with one attached hydrogen (secondary N) is 1. The third kappa shape index (κ3) is 4.82. The topological polar surface area (TPSA) is 59.3 Å². The van der Waals surface area contributed by atoms with E-state index in [1.165, 1.54) is 0 Å². The van der Waals surface area contributed by atoms with E-state index in [0.717, 1.165) is 16.9 Å². The molecule has 0 saturated carbocycles. The zero-order valence-corrected chi connectivity index (χ0v) is 16.3. The SMILES string of the molecule is CC(C)(C)c1cc(C(=O)N/N=C/C=C/c2ccccc2)n(-c2ccccc2)n1. The summed E-state index contributed by atoms with van der Waals surface area (Å²) >= 11 is 0. The molecule has 0 radical (unpaired) electrons. The molecule has 1 amide bonds. The minimum Gasteiger partial charge on any atom is -0.266 e. The molecule has 142 valence electrons. The summed E-state index contributed by atoms with van der Waals surface area (Å²) in [6.45, 7) is 6.21. The van der Waals surface area contributed by atoms with Crippen LogP contribution in [0.2, 0.25) is 0 Å². The molecule has 0 atom stereocenters. The van der Waals surface area contributed by atoms with Crippen LogP contribution in [0.15, 0.2) is 77.9 Å². The summed E-state index contributed by atoms with van der Waals surface area (Å²) < 4.78 is 1.66. The fraction of sp³-hybridized carbons (Fsp3) is 0.174. The average Bonchev–Trinajstić information content (AvgIpc) is 3.15. The second-order valence-corrected chi connectivity index (χ2v) is 7.40. The third-order valence-corrected chi connectivity index (χ3v) is 4.13. The molecule has 5 nitrogen and oxygen atoms in total. The van der Waals surface area contributed by atoms with Crippen molar-refractivity contribution in [1.82, 2.24) is 15.2 Å². The molecule has 1 aromatic heterocycles. The first-order chi connectivity index (χ1) is 13.4. The Morgan fingerprint density at radius 3 is 2.32 bits per heavy atom. The molecule has 0 bridgehead atoms. The molecule has 1 N–H and O–H groups in total. The molecule has 0 aliphatic heterocycles. The van der Waals surface area contributed by atoms with Gasteiger partial charge in [0.05, 0.1) is 11.4 Å². The molecule has 0 fully saturated rings. The van der Waals surface area contributed by atoms with Gasteiger partial charge >= 0.3 is 0 Å². The fourth-order valence-electron chi connectivity index (χ4n) is 2.59. The number of benzene rings is 2. The van der Waals surface area contributed by atoms with Crippen LogP contribution in [0.25, 0.3) is 11.8 Å². The first-order valence-corrected chi connectivity index (χ1v) is 9.16. The van der Waals surface area contributed by atoms with Crippen LogP contribution < -0.4 is 5.43 Å². The van der Waals surface area contributed by atoms with Gasteiger partial charge < -0.3 is 0 Å². The maximum Gasteiger partial charge on any atom is 0.290 e. The highest BCUT2D eigenvalue weighted by Gasteiger charge is 2.23. The maximum atomic E-state index is 12.7. The minimum absolute atomic E-state index is 0.170. The van der Waals surface area contributed by atoms with Crippen molar-refractivity contribution < 1.29 is 4.79 Å². The molecule has 3 rings (SSSR count). The number of hydrogen-bond donors (Lipinski definition) is 1. The van der Waals surface area contributed by atoms with E-state index in [1.54, 1.807) is 17.0 Å². The minimum atomic E-state index is -0.309. The second kappa shape index (κ2) is 8.48. The zero-order valence-electron chi connectivity index (χ0n) is 16.3. The Labute approximate surface area is 165 Å². The van der Waals surface area contributed by atoms with Crippen LogP contribution in [0.5, 0.6) is 0 Å². The van der Waals surface area contributed by atoms with Gasteiger partial charge in [-0.15, -0.1) is 0 Å². The van der Waals surface area contributed by atoms with Gasteiger partial charge in [0.15, 0.2) is 0 Å². The number of rotatable bonds is 5. The molecule has 0 unspecified atom stereocenters. The largest absolute Gasteiger partial charge is 0.290 e. The normalized spacial score (nSPS) is 12.0.